The zero-order chi connectivity index (χ0) is 41.0. The average molecular weight is 818 g/mol. The molecule has 1 amide bonds. The number of benzene rings is 2. The summed E-state index contributed by atoms with van der Waals surface area (Å²) in [6.07, 6.45) is 9.94. The molecule has 4 aromatic heterocycles. The van der Waals surface area contributed by atoms with Crippen LogP contribution < -0.4 is 11.0 Å². The van der Waals surface area contributed by atoms with Gasteiger partial charge in [0.05, 0.1) is 24.5 Å². The van der Waals surface area contributed by atoms with Crippen LogP contribution in [0.3, 0.4) is 0 Å². The number of rotatable bonds is 8. The van der Waals surface area contributed by atoms with Crippen molar-refractivity contribution < 1.29 is 9.18 Å². The molecule has 1 saturated heterocycles. The predicted octanol–water partition coefficient (Wildman–Crippen LogP) is 8.71. The molecule has 6 heterocycles. The first-order valence-corrected chi connectivity index (χ1v) is 21.6. The summed E-state index contributed by atoms with van der Waals surface area (Å²) in [5.74, 6) is 0.0889. The molecule has 11 nitrogen and oxygen atoms in total. The molecule has 2 fully saturated rings. The molecular formula is C46H53ClFN9O2. The lowest BCUT2D eigenvalue weighted by molar-refractivity contribution is 0.0730. The normalized spacial score (nSPS) is 17.2. The monoisotopic (exact) mass is 817 g/mol. The molecule has 6 aromatic rings. The number of piperidine rings is 1. The lowest BCUT2D eigenvalue weighted by atomic mass is 9.94. The maximum atomic E-state index is 15.0. The van der Waals surface area contributed by atoms with Gasteiger partial charge in [-0.3, -0.25) is 13.9 Å². The minimum atomic E-state index is -0.380. The molecule has 13 heteroatoms. The molecule has 0 radical (unpaired) electrons. The van der Waals surface area contributed by atoms with Gasteiger partial charge in [-0.1, -0.05) is 57.7 Å². The number of aryl methyl sites for hydroxylation is 1. The predicted molar refractivity (Wildman–Crippen MR) is 231 cm³/mol. The number of anilines is 1. The summed E-state index contributed by atoms with van der Waals surface area (Å²) in [7, 11) is 0. The smallest absolute Gasteiger partial charge is 0.335 e. The number of halogens is 2. The number of amides is 1. The van der Waals surface area contributed by atoms with E-state index in [2.05, 4.69) is 36.0 Å². The van der Waals surface area contributed by atoms with Crippen molar-refractivity contribution in [2.24, 2.45) is 5.41 Å². The lowest BCUT2D eigenvalue weighted by Gasteiger charge is -2.36. The van der Waals surface area contributed by atoms with Gasteiger partial charge < -0.3 is 19.7 Å². The molecule has 9 rings (SSSR count). The Labute approximate surface area is 349 Å². The van der Waals surface area contributed by atoms with Gasteiger partial charge in [-0.05, 0) is 98.5 Å². The van der Waals surface area contributed by atoms with Gasteiger partial charge in [-0.25, -0.2) is 19.2 Å². The lowest BCUT2D eigenvalue weighted by Crippen LogP contribution is -2.41. The highest BCUT2D eigenvalue weighted by molar-refractivity contribution is 6.30. The number of nitrogens with zero attached hydrogens (tertiary/aromatic N) is 8. The minimum absolute atomic E-state index is 0.00567. The Morgan fingerprint density at radius 2 is 1.71 bits per heavy atom. The Morgan fingerprint density at radius 3 is 2.44 bits per heavy atom. The molecule has 2 aliphatic heterocycles. The zero-order valence-electron chi connectivity index (χ0n) is 34.5. The van der Waals surface area contributed by atoms with Gasteiger partial charge >= 0.3 is 5.69 Å². The number of likely N-dealkylation sites (tertiary alicyclic amines) is 1. The van der Waals surface area contributed by atoms with E-state index in [0.29, 0.717) is 64.5 Å². The largest absolute Gasteiger partial charge is 0.351 e. The number of carbonyl (C=O) groups is 1. The summed E-state index contributed by atoms with van der Waals surface area (Å²) in [4.78, 5) is 48.0. The van der Waals surface area contributed by atoms with E-state index in [1.54, 1.807) is 22.9 Å². The molecule has 2 aromatic carbocycles. The molecule has 0 spiro atoms. The summed E-state index contributed by atoms with van der Waals surface area (Å²) in [6, 6.07) is 16.3. The van der Waals surface area contributed by atoms with Crippen LogP contribution in [0.25, 0.3) is 27.9 Å². The number of aromatic nitrogens is 6. The fraction of sp³-hybridized carbons (Fsp3) is 0.457. The quantitative estimate of drug-likeness (QED) is 0.164. The Morgan fingerprint density at radius 1 is 0.949 bits per heavy atom. The van der Waals surface area contributed by atoms with Crippen molar-refractivity contribution >= 4 is 45.7 Å². The van der Waals surface area contributed by atoms with Gasteiger partial charge in [-0.2, -0.15) is 4.98 Å². The number of carbonyl (C=O) groups excluding carboxylic acids is 1. The van der Waals surface area contributed by atoms with E-state index < -0.39 is 0 Å². The van der Waals surface area contributed by atoms with E-state index in [9.17, 15) is 9.59 Å². The van der Waals surface area contributed by atoms with E-state index in [4.69, 9.17) is 21.6 Å². The van der Waals surface area contributed by atoms with Crippen molar-refractivity contribution in [2.45, 2.75) is 104 Å². The number of imidazole rings is 1. The summed E-state index contributed by atoms with van der Waals surface area (Å²) < 4.78 is 20.7. The molecule has 0 unspecified atom stereocenters. The van der Waals surface area contributed by atoms with Crippen molar-refractivity contribution in [1.29, 1.82) is 0 Å². The highest BCUT2D eigenvalue weighted by Crippen LogP contribution is 2.33. The van der Waals surface area contributed by atoms with Gasteiger partial charge in [-0.15, -0.1) is 0 Å². The van der Waals surface area contributed by atoms with Crippen LogP contribution >= 0.6 is 11.6 Å². The third-order valence-corrected chi connectivity index (χ3v) is 12.7. The number of pyridine rings is 1. The third-order valence-electron chi connectivity index (χ3n) is 12.5. The van der Waals surface area contributed by atoms with Crippen molar-refractivity contribution in [2.75, 3.05) is 31.5 Å². The standard InChI is InChI=1S/C46H53ClFN9O2/c1-29-40-42(52-44(50-29)51-33-9-6-5-7-10-33)57(35-18-22-53(23-19-35)28-46(2,3)4)45(59)56(40)34-16-13-30(14-17-34)43(58)54-24-20-36-37-11-8-21-49-41(37)55(39(36)27-54)26-31-12-15-32(47)25-38(31)48/h8,11-17,21,25,33,35H,5-7,9-10,18-20,22-24,26-28H2,1-4H3,(H,50,51,52). The van der Waals surface area contributed by atoms with Crippen LogP contribution in [0.5, 0.6) is 0 Å². The highest BCUT2D eigenvalue weighted by Gasteiger charge is 2.31. The van der Waals surface area contributed by atoms with Crippen LogP contribution in [0.4, 0.5) is 10.3 Å². The highest BCUT2D eigenvalue weighted by atomic mass is 35.5. The van der Waals surface area contributed by atoms with Crippen LogP contribution in [0.15, 0.2) is 65.6 Å². The molecule has 1 aliphatic carbocycles. The molecule has 1 saturated carbocycles. The van der Waals surface area contributed by atoms with Crippen LogP contribution in [0.1, 0.15) is 105 Å². The summed E-state index contributed by atoms with van der Waals surface area (Å²) >= 11 is 6.07. The molecule has 3 aliphatic rings. The molecular weight excluding hydrogens is 765 g/mol. The fourth-order valence-corrected chi connectivity index (χ4v) is 9.86. The zero-order valence-corrected chi connectivity index (χ0v) is 35.2. The van der Waals surface area contributed by atoms with E-state index in [1.807, 2.05) is 57.4 Å². The van der Waals surface area contributed by atoms with Gasteiger partial charge in [0, 0.05) is 71.7 Å². The SMILES string of the molecule is Cc1nc(NC2CCCCC2)nc2c1n(-c1ccc(C(=O)N3CCc4c(n(Cc5ccc(Cl)cc5F)c5ncccc45)C3)cc1)c(=O)n2C1CCN(CC(C)(C)C)CC1. The van der Waals surface area contributed by atoms with E-state index in [0.717, 1.165) is 73.3 Å². The third kappa shape index (κ3) is 7.77. The van der Waals surface area contributed by atoms with Crippen LogP contribution in [-0.4, -0.2) is 76.6 Å². The van der Waals surface area contributed by atoms with Gasteiger partial charge in [0.2, 0.25) is 5.95 Å². The first-order valence-electron chi connectivity index (χ1n) is 21.2. The Kier molecular flexibility index (Phi) is 10.6. The van der Waals surface area contributed by atoms with Crippen LogP contribution in [-0.2, 0) is 19.5 Å². The molecule has 0 atom stereocenters. The van der Waals surface area contributed by atoms with Crippen molar-refractivity contribution in [3.63, 3.8) is 0 Å². The van der Waals surface area contributed by atoms with E-state index >= 15 is 4.39 Å². The maximum Gasteiger partial charge on any atom is 0.335 e. The average Bonchev–Trinajstić information content (AvgIpc) is 3.69. The van der Waals surface area contributed by atoms with Crippen molar-refractivity contribution in [3.05, 3.63) is 110 Å². The summed E-state index contributed by atoms with van der Waals surface area (Å²) in [5.41, 5.74) is 6.68. The maximum absolute atomic E-state index is 15.0. The molecule has 59 heavy (non-hydrogen) atoms. The first-order chi connectivity index (χ1) is 28.4. The topological polar surface area (TPSA) is 106 Å². The Bertz CT molecular complexity index is 2590. The molecule has 308 valence electrons. The summed E-state index contributed by atoms with van der Waals surface area (Å²) in [5, 5.41) is 4.97. The number of fused-ring (bicyclic) bond motifs is 4. The Hall–Kier alpha value is -5.07. The van der Waals surface area contributed by atoms with Gasteiger partial charge in [0.25, 0.3) is 5.91 Å². The van der Waals surface area contributed by atoms with Crippen LogP contribution in [0, 0.1) is 18.2 Å². The van der Waals surface area contributed by atoms with Gasteiger partial charge in [0.1, 0.15) is 17.0 Å². The minimum Gasteiger partial charge on any atom is -0.351 e. The molecule has 0 bridgehead atoms. The fourth-order valence-electron chi connectivity index (χ4n) is 9.70. The van der Waals surface area contributed by atoms with Crippen LogP contribution in [0.2, 0.25) is 5.02 Å². The Balaban J connectivity index is 1.02. The molecule has 1 N–H and O–H groups in total. The second kappa shape index (κ2) is 15.8. The van der Waals surface area contributed by atoms with Crippen molar-refractivity contribution in [1.82, 2.24) is 38.5 Å². The van der Waals surface area contributed by atoms with Gasteiger partial charge in [0.15, 0.2) is 5.65 Å². The number of hydrogen-bond acceptors (Lipinski definition) is 7. The number of hydrogen-bond donors (Lipinski definition) is 1. The second-order valence-corrected chi connectivity index (χ2v) is 18.4. The van der Waals surface area contributed by atoms with Crippen molar-refractivity contribution in [3.8, 4) is 5.69 Å². The van der Waals surface area contributed by atoms with E-state index in [1.165, 1.54) is 25.3 Å². The first kappa shape index (κ1) is 39.4. The second-order valence-electron chi connectivity index (χ2n) is 18.0. The summed E-state index contributed by atoms with van der Waals surface area (Å²) in [6.45, 7) is 12.8. The van der Waals surface area contributed by atoms with E-state index in [-0.39, 0.29) is 35.4 Å². The number of nitrogens with one attached hydrogen (secondary N) is 1.